The van der Waals surface area contributed by atoms with Crippen LogP contribution in [-0.4, -0.2) is 0 Å². The van der Waals surface area contributed by atoms with Crippen LogP contribution in [0.5, 0.6) is 0 Å². The molecular formula is C18H23NO. The molecule has 2 heteroatoms. The van der Waals surface area contributed by atoms with E-state index in [0.29, 0.717) is 6.61 Å². The summed E-state index contributed by atoms with van der Waals surface area (Å²) in [5.41, 5.74) is 6.92. The fourth-order valence-corrected chi connectivity index (χ4v) is 2.15. The number of rotatable bonds is 7. The lowest BCUT2D eigenvalue weighted by molar-refractivity contribution is 0.00698. The fraction of sp³-hybridized carbons (Fsp3) is 0.333. The van der Waals surface area contributed by atoms with Gasteiger partial charge in [-0.05, 0) is 30.0 Å². The average Bonchev–Trinajstić information content (AvgIpc) is 2.49. The molecule has 0 aliphatic carbocycles. The van der Waals surface area contributed by atoms with E-state index in [4.69, 9.17) is 4.84 Å². The Labute approximate surface area is 121 Å². The van der Waals surface area contributed by atoms with E-state index < -0.39 is 0 Å². The minimum atomic E-state index is 0.189. The molecule has 0 aliphatic heterocycles. The third kappa shape index (κ3) is 4.48. The first-order valence-electron chi connectivity index (χ1n) is 7.29. The first kappa shape index (κ1) is 14.8. The van der Waals surface area contributed by atoms with Crippen molar-refractivity contribution in [1.29, 1.82) is 0 Å². The minimum absolute atomic E-state index is 0.189. The topological polar surface area (TPSA) is 21.3 Å². The van der Waals surface area contributed by atoms with Crippen molar-refractivity contribution in [3.8, 4) is 0 Å². The molecule has 20 heavy (non-hydrogen) atoms. The lowest BCUT2D eigenvalue weighted by atomic mass is 10.0. The van der Waals surface area contributed by atoms with Crippen molar-refractivity contribution >= 4 is 0 Å². The van der Waals surface area contributed by atoms with Gasteiger partial charge in [0, 0.05) is 0 Å². The van der Waals surface area contributed by atoms with Crippen LogP contribution in [0.25, 0.3) is 0 Å². The van der Waals surface area contributed by atoms with E-state index in [0.717, 1.165) is 6.42 Å². The van der Waals surface area contributed by atoms with Gasteiger partial charge in [0.2, 0.25) is 0 Å². The molecule has 0 aliphatic rings. The molecule has 0 saturated heterocycles. The van der Waals surface area contributed by atoms with Crippen molar-refractivity contribution in [1.82, 2.24) is 5.48 Å². The molecule has 2 aromatic carbocycles. The van der Waals surface area contributed by atoms with E-state index >= 15 is 0 Å². The molecule has 0 amide bonds. The Morgan fingerprint density at radius 1 is 0.950 bits per heavy atom. The second-order valence-electron chi connectivity index (χ2n) is 5.11. The van der Waals surface area contributed by atoms with Crippen molar-refractivity contribution in [3.05, 3.63) is 71.3 Å². The van der Waals surface area contributed by atoms with Gasteiger partial charge in [0.25, 0.3) is 0 Å². The molecule has 2 rings (SSSR count). The van der Waals surface area contributed by atoms with Crippen LogP contribution in [0.1, 0.15) is 43.0 Å². The maximum absolute atomic E-state index is 5.56. The van der Waals surface area contributed by atoms with Crippen LogP contribution in [0.4, 0.5) is 0 Å². The highest BCUT2D eigenvalue weighted by atomic mass is 16.6. The predicted molar refractivity (Wildman–Crippen MR) is 83.2 cm³/mol. The number of hydroxylamine groups is 1. The molecule has 106 valence electrons. The lowest BCUT2D eigenvalue weighted by Gasteiger charge is -2.14. The van der Waals surface area contributed by atoms with E-state index in [1.165, 1.54) is 23.1 Å². The Morgan fingerprint density at radius 2 is 1.65 bits per heavy atom. The van der Waals surface area contributed by atoms with Crippen molar-refractivity contribution in [2.24, 2.45) is 0 Å². The maximum atomic E-state index is 5.56. The van der Waals surface area contributed by atoms with Crippen LogP contribution in [0.15, 0.2) is 54.6 Å². The number of nitrogens with one attached hydrogen (secondary N) is 1. The van der Waals surface area contributed by atoms with Crippen LogP contribution in [0, 0.1) is 0 Å². The summed E-state index contributed by atoms with van der Waals surface area (Å²) in [6.07, 6.45) is 2.33. The molecule has 0 bridgehead atoms. The summed E-state index contributed by atoms with van der Waals surface area (Å²) >= 11 is 0. The van der Waals surface area contributed by atoms with Gasteiger partial charge in [-0.15, -0.1) is 0 Å². The van der Waals surface area contributed by atoms with Crippen molar-refractivity contribution in [2.75, 3.05) is 0 Å². The third-order valence-electron chi connectivity index (χ3n) is 3.36. The third-order valence-corrected chi connectivity index (χ3v) is 3.36. The Hall–Kier alpha value is -1.64. The summed E-state index contributed by atoms with van der Waals surface area (Å²) in [6, 6.07) is 19.1. The second kappa shape index (κ2) is 7.83. The van der Waals surface area contributed by atoms with Gasteiger partial charge >= 0.3 is 0 Å². The highest BCUT2D eigenvalue weighted by molar-refractivity contribution is 5.24. The number of hydrogen-bond donors (Lipinski definition) is 1. The molecule has 0 heterocycles. The van der Waals surface area contributed by atoms with Crippen molar-refractivity contribution < 1.29 is 4.84 Å². The largest absolute Gasteiger partial charge is 0.296 e. The van der Waals surface area contributed by atoms with Gasteiger partial charge in [0.15, 0.2) is 0 Å². The molecule has 1 N–H and O–H groups in total. The highest BCUT2D eigenvalue weighted by Crippen LogP contribution is 2.14. The first-order chi connectivity index (χ1) is 9.79. The zero-order chi connectivity index (χ0) is 14.2. The zero-order valence-corrected chi connectivity index (χ0v) is 12.3. The molecule has 2 aromatic rings. The van der Waals surface area contributed by atoms with Gasteiger partial charge in [-0.1, -0.05) is 67.9 Å². The van der Waals surface area contributed by atoms with Crippen LogP contribution in [-0.2, 0) is 17.9 Å². The molecule has 0 spiro atoms. The van der Waals surface area contributed by atoms with Crippen LogP contribution in [0.2, 0.25) is 0 Å². The lowest BCUT2D eigenvalue weighted by Crippen LogP contribution is -2.18. The zero-order valence-electron chi connectivity index (χ0n) is 12.3. The SMILES string of the molecule is CCCc1ccc(C(C)NOCc2ccccc2)cc1. The number of benzene rings is 2. The molecule has 1 unspecified atom stereocenters. The fourth-order valence-electron chi connectivity index (χ4n) is 2.15. The monoisotopic (exact) mass is 269 g/mol. The Morgan fingerprint density at radius 3 is 2.30 bits per heavy atom. The summed E-state index contributed by atoms with van der Waals surface area (Å²) in [6.45, 7) is 4.90. The number of hydrogen-bond acceptors (Lipinski definition) is 2. The standard InChI is InChI=1S/C18H23NO/c1-3-7-16-10-12-18(13-11-16)15(2)19-20-14-17-8-5-4-6-9-17/h4-6,8-13,15,19H,3,7,14H2,1-2H3. The van der Waals surface area contributed by atoms with E-state index in [-0.39, 0.29) is 6.04 Å². The van der Waals surface area contributed by atoms with Gasteiger partial charge in [0.05, 0.1) is 12.6 Å². The van der Waals surface area contributed by atoms with E-state index in [1.54, 1.807) is 0 Å². The molecule has 0 fully saturated rings. The molecule has 0 radical (unpaired) electrons. The van der Waals surface area contributed by atoms with Gasteiger partial charge in [0.1, 0.15) is 0 Å². The summed E-state index contributed by atoms with van der Waals surface area (Å²) in [4.78, 5) is 5.56. The van der Waals surface area contributed by atoms with E-state index in [2.05, 4.69) is 55.7 Å². The molecular weight excluding hydrogens is 246 g/mol. The summed E-state index contributed by atoms with van der Waals surface area (Å²) in [5.74, 6) is 0. The van der Waals surface area contributed by atoms with Crippen LogP contribution < -0.4 is 5.48 Å². The maximum Gasteiger partial charge on any atom is 0.0933 e. The predicted octanol–water partition coefficient (Wildman–Crippen LogP) is 4.42. The normalized spacial score (nSPS) is 12.3. The molecule has 0 saturated carbocycles. The summed E-state index contributed by atoms with van der Waals surface area (Å²) in [5, 5.41) is 0. The minimum Gasteiger partial charge on any atom is -0.296 e. The van der Waals surface area contributed by atoms with Gasteiger partial charge < -0.3 is 0 Å². The van der Waals surface area contributed by atoms with Crippen molar-refractivity contribution in [3.63, 3.8) is 0 Å². The van der Waals surface area contributed by atoms with E-state index in [1.807, 2.05) is 18.2 Å². The number of aryl methyl sites for hydroxylation is 1. The Kier molecular flexibility index (Phi) is 5.78. The molecule has 1 atom stereocenters. The van der Waals surface area contributed by atoms with Gasteiger partial charge in [-0.25, -0.2) is 0 Å². The second-order valence-corrected chi connectivity index (χ2v) is 5.11. The van der Waals surface area contributed by atoms with E-state index in [9.17, 15) is 0 Å². The Bertz CT molecular complexity index is 493. The summed E-state index contributed by atoms with van der Waals surface area (Å²) in [7, 11) is 0. The van der Waals surface area contributed by atoms with Gasteiger partial charge in [-0.2, -0.15) is 5.48 Å². The molecule has 0 aromatic heterocycles. The average molecular weight is 269 g/mol. The quantitative estimate of drug-likeness (QED) is 0.751. The van der Waals surface area contributed by atoms with Crippen LogP contribution >= 0.6 is 0 Å². The first-order valence-corrected chi connectivity index (χ1v) is 7.29. The highest BCUT2D eigenvalue weighted by Gasteiger charge is 2.05. The van der Waals surface area contributed by atoms with Gasteiger partial charge in [-0.3, -0.25) is 4.84 Å². The smallest absolute Gasteiger partial charge is 0.0933 e. The Balaban J connectivity index is 1.80. The molecule has 2 nitrogen and oxygen atoms in total. The summed E-state index contributed by atoms with van der Waals surface area (Å²) < 4.78 is 0. The van der Waals surface area contributed by atoms with Crippen molar-refractivity contribution in [2.45, 2.75) is 39.3 Å². The van der Waals surface area contributed by atoms with Crippen LogP contribution in [0.3, 0.4) is 0 Å².